The van der Waals surface area contributed by atoms with Crippen molar-refractivity contribution in [3.63, 3.8) is 0 Å². The third-order valence-electron chi connectivity index (χ3n) is 8.88. The number of nitrogens with zero attached hydrogens (tertiary/aromatic N) is 5. The van der Waals surface area contributed by atoms with Gasteiger partial charge in [0, 0.05) is 42.8 Å². The first-order valence-electron chi connectivity index (χ1n) is 14.4. The maximum atomic E-state index is 15.5. The van der Waals surface area contributed by atoms with Crippen molar-refractivity contribution in [2.24, 2.45) is 0 Å². The van der Waals surface area contributed by atoms with E-state index in [0.29, 0.717) is 41.7 Å². The Labute approximate surface area is 239 Å². The lowest BCUT2D eigenvalue weighted by Crippen LogP contribution is -2.39. The highest BCUT2D eigenvalue weighted by atomic mass is 28.2. The second-order valence-electron chi connectivity index (χ2n) is 11.6. The number of carboxylic acid groups (broad SMARTS) is 1. The monoisotopic (exact) mass is 569 g/mol. The average Bonchev–Trinajstić information content (AvgIpc) is 3.55. The number of benzene rings is 2. The minimum absolute atomic E-state index is 0.0462. The second kappa shape index (κ2) is 10.1. The fraction of sp³-hybridized carbons (Fsp3) is 0.355. The highest BCUT2D eigenvalue weighted by molar-refractivity contribution is 6.72. The van der Waals surface area contributed by atoms with Crippen molar-refractivity contribution in [3.05, 3.63) is 83.1 Å². The number of fused-ring (bicyclic) bond motifs is 2. The molecule has 2 atom stereocenters. The van der Waals surface area contributed by atoms with Gasteiger partial charge in [0.15, 0.2) is 9.52 Å². The number of aromatic nitrogens is 3. The molecule has 8 nitrogen and oxygen atoms in total. The van der Waals surface area contributed by atoms with Crippen LogP contribution in [0.2, 0.25) is 5.54 Å². The van der Waals surface area contributed by atoms with E-state index in [2.05, 4.69) is 28.9 Å². The molecular weight excluding hydrogens is 537 g/mol. The van der Waals surface area contributed by atoms with Crippen LogP contribution in [0.25, 0.3) is 17.0 Å². The molecule has 2 aromatic carbocycles. The first-order valence-corrected chi connectivity index (χ1v) is 15.9. The molecule has 2 aromatic heterocycles. The van der Waals surface area contributed by atoms with Crippen molar-refractivity contribution in [3.8, 4) is 11.3 Å². The van der Waals surface area contributed by atoms with Crippen molar-refractivity contribution in [2.45, 2.75) is 50.1 Å². The van der Waals surface area contributed by atoms with E-state index in [-0.39, 0.29) is 23.3 Å². The average molecular weight is 570 g/mol. The van der Waals surface area contributed by atoms with Crippen LogP contribution in [0.4, 0.5) is 14.9 Å². The zero-order valence-electron chi connectivity index (χ0n) is 23.0. The van der Waals surface area contributed by atoms with Crippen LogP contribution in [0.1, 0.15) is 65.5 Å². The van der Waals surface area contributed by atoms with E-state index in [1.165, 1.54) is 17.2 Å². The number of carbonyl (C=O) groups excluding carboxylic acids is 1. The van der Waals surface area contributed by atoms with Crippen molar-refractivity contribution in [1.82, 2.24) is 19.3 Å². The van der Waals surface area contributed by atoms with Crippen molar-refractivity contribution in [2.75, 3.05) is 24.5 Å². The van der Waals surface area contributed by atoms with Gasteiger partial charge in [0.2, 0.25) is 5.78 Å². The number of amides is 1. The molecule has 210 valence electrons. The Bertz CT molecular complexity index is 1690. The molecule has 0 radical (unpaired) electrons. The predicted octanol–water partition coefficient (Wildman–Crippen LogP) is 5.02. The Morgan fingerprint density at radius 1 is 1.05 bits per heavy atom. The van der Waals surface area contributed by atoms with Gasteiger partial charge in [0.05, 0.1) is 11.7 Å². The number of rotatable bonds is 6. The molecule has 1 saturated heterocycles. The Morgan fingerprint density at radius 2 is 1.88 bits per heavy atom. The normalized spacial score (nSPS) is 20.7. The molecule has 10 heteroatoms. The maximum absolute atomic E-state index is 15.5. The molecular formula is C31H32FN5O3Si. The highest BCUT2D eigenvalue weighted by Crippen LogP contribution is 2.41. The lowest BCUT2D eigenvalue weighted by atomic mass is 9.93. The molecule has 4 aromatic rings. The fourth-order valence-corrected chi connectivity index (χ4v) is 7.83. The summed E-state index contributed by atoms with van der Waals surface area (Å²) >= 11 is 0. The van der Waals surface area contributed by atoms with Gasteiger partial charge in [0.1, 0.15) is 11.5 Å². The van der Waals surface area contributed by atoms with Gasteiger partial charge in [-0.2, -0.15) is 0 Å². The summed E-state index contributed by atoms with van der Waals surface area (Å²) in [5.41, 5.74) is 4.99. The molecule has 1 saturated carbocycles. The molecule has 41 heavy (non-hydrogen) atoms. The number of imidazole rings is 1. The molecule has 0 bridgehead atoms. The Morgan fingerprint density at radius 3 is 2.66 bits per heavy atom. The van der Waals surface area contributed by atoms with Gasteiger partial charge in [0.25, 0.3) is 11.5 Å². The number of halogens is 1. The molecule has 1 unspecified atom stereocenters. The predicted molar refractivity (Wildman–Crippen MR) is 157 cm³/mol. The topological polar surface area (TPSA) is 91.0 Å². The Kier molecular flexibility index (Phi) is 6.37. The lowest BCUT2D eigenvalue weighted by Gasteiger charge is -2.35. The molecule has 4 heterocycles. The van der Waals surface area contributed by atoms with Crippen LogP contribution in [0, 0.1) is 5.82 Å². The van der Waals surface area contributed by atoms with E-state index in [0.717, 1.165) is 43.6 Å². The largest absolute Gasteiger partial charge is 0.486 e. The number of hydrogen-bond donors (Lipinski definition) is 1. The van der Waals surface area contributed by atoms with Crippen LogP contribution in [-0.2, 0) is 6.42 Å². The zero-order chi connectivity index (χ0) is 28.2. The minimum Gasteiger partial charge on any atom is -0.486 e. The van der Waals surface area contributed by atoms with Gasteiger partial charge >= 0.3 is 0 Å². The third-order valence-corrected chi connectivity index (χ3v) is 10.5. The maximum Gasteiger partial charge on any atom is 0.273 e. The third kappa shape index (κ3) is 4.80. The summed E-state index contributed by atoms with van der Waals surface area (Å²) in [6.07, 6.45) is 5.56. The molecule has 1 amide bonds. The lowest BCUT2D eigenvalue weighted by molar-refractivity contribution is 0.0671. The van der Waals surface area contributed by atoms with E-state index in [1.54, 1.807) is 6.07 Å². The van der Waals surface area contributed by atoms with Crippen LogP contribution in [0.15, 0.2) is 54.7 Å². The summed E-state index contributed by atoms with van der Waals surface area (Å²) in [7, 11) is -1.19. The molecule has 3 aliphatic rings. The Hall–Kier alpha value is -4.05. The Balaban J connectivity index is 1.18. The van der Waals surface area contributed by atoms with Crippen LogP contribution < -0.4 is 4.90 Å². The van der Waals surface area contributed by atoms with Gasteiger partial charge < -0.3 is 14.9 Å². The van der Waals surface area contributed by atoms with Gasteiger partial charge in [-0.3, -0.25) is 14.0 Å². The summed E-state index contributed by atoms with van der Waals surface area (Å²) in [6, 6.07) is 15.3. The SMILES string of the molecule is C[C@@H]1c2ccccc2CCN1C(=O)c1cc(C2CC2)n2cc(-c3ccc(N4CCC([SiH2]C(=O)O)C4)cc3F)nc2n1. The molecule has 2 aliphatic heterocycles. The number of anilines is 1. The van der Waals surface area contributed by atoms with Gasteiger partial charge in [-0.15, -0.1) is 0 Å². The summed E-state index contributed by atoms with van der Waals surface area (Å²) in [5, 5.41) is 9.16. The molecule has 1 aliphatic carbocycles. The quantitative estimate of drug-likeness (QED) is 0.328. The molecule has 7 rings (SSSR count). The summed E-state index contributed by atoms with van der Waals surface area (Å²) in [5.74, 6) is 0.252. The van der Waals surface area contributed by atoms with E-state index >= 15 is 4.39 Å². The molecule has 1 N–H and O–H groups in total. The fourth-order valence-electron chi connectivity index (χ4n) is 6.51. The van der Waals surface area contributed by atoms with Gasteiger partial charge in [-0.05, 0) is 79.5 Å². The smallest absolute Gasteiger partial charge is 0.273 e. The van der Waals surface area contributed by atoms with Crippen molar-refractivity contribution >= 4 is 32.5 Å². The van der Waals surface area contributed by atoms with E-state index < -0.39 is 15.1 Å². The molecule has 0 spiro atoms. The van der Waals surface area contributed by atoms with Crippen molar-refractivity contribution in [1.29, 1.82) is 0 Å². The van der Waals surface area contributed by atoms with Crippen LogP contribution in [0.3, 0.4) is 0 Å². The first-order chi connectivity index (χ1) is 19.9. The summed E-state index contributed by atoms with van der Waals surface area (Å²) < 4.78 is 17.4. The van der Waals surface area contributed by atoms with E-state index in [9.17, 15) is 9.59 Å². The minimum atomic E-state index is -1.19. The van der Waals surface area contributed by atoms with E-state index in [4.69, 9.17) is 10.1 Å². The first kappa shape index (κ1) is 25.9. The second-order valence-corrected chi connectivity index (χ2v) is 13.8. The summed E-state index contributed by atoms with van der Waals surface area (Å²) in [4.78, 5) is 38.3. The van der Waals surface area contributed by atoms with Gasteiger partial charge in [-0.25, -0.2) is 14.4 Å². The standard InChI is InChI=1S/C31H32FN5O3Si/c1-18-23-5-3-2-4-19(23)10-13-36(18)29(38)26-15-28(20-6-7-20)37-17-27(34-30(37)33-26)24-9-8-21(14-25(24)32)35-12-11-22(16-35)41-31(39)40/h2-5,8-9,14-15,17-18,20,22H,6-7,10-13,16,41H2,1H3,(H,39,40)/t18-,22?/m1/s1. The summed E-state index contributed by atoms with van der Waals surface area (Å²) in [6.45, 7) is 4.10. The highest BCUT2D eigenvalue weighted by Gasteiger charge is 2.33. The van der Waals surface area contributed by atoms with Gasteiger partial charge in [-0.1, -0.05) is 24.3 Å². The zero-order valence-corrected chi connectivity index (χ0v) is 24.4. The van der Waals surface area contributed by atoms with Crippen LogP contribution in [-0.4, -0.2) is 65.0 Å². The number of hydrogen-bond acceptors (Lipinski definition) is 5. The van der Waals surface area contributed by atoms with Crippen molar-refractivity contribution < 1.29 is 19.1 Å². The van der Waals surface area contributed by atoms with Crippen LogP contribution >= 0.6 is 0 Å². The number of carbonyl (C=O) groups is 2. The molecule has 2 fully saturated rings. The van der Waals surface area contributed by atoms with E-state index in [1.807, 2.05) is 39.8 Å². The van der Waals surface area contributed by atoms with Crippen LogP contribution in [0.5, 0.6) is 0 Å².